The zero-order valence-electron chi connectivity index (χ0n) is 21.1. The van der Waals surface area contributed by atoms with Gasteiger partial charge < -0.3 is 9.29 Å². The molecule has 0 aliphatic rings. The van der Waals surface area contributed by atoms with Crippen LogP contribution >= 0.6 is 0 Å². The van der Waals surface area contributed by atoms with Gasteiger partial charge in [-0.1, -0.05) is 74.9 Å². The Kier molecular flexibility index (Phi) is 10.5. The van der Waals surface area contributed by atoms with Crippen LogP contribution in [-0.2, 0) is 10.1 Å². The quantitative estimate of drug-likeness (QED) is 0.172. The third-order valence-corrected chi connectivity index (χ3v) is 6.79. The first-order valence-electron chi connectivity index (χ1n) is 12.5. The van der Waals surface area contributed by atoms with Crippen LogP contribution in [-0.4, -0.2) is 19.6 Å². The molecule has 0 saturated heterocycles. The second kappa shape index (κ2) is 13.8. The number of ether oxygens (including phenoxy) is 1. The lowest BCUT2D eigenvalue weighted by molar-refractivity contribution is -0.377. The molecule has 0 aliphatic carbocycles. The molecule has 0 atom stereocenters. The van der Waals surface area contributed by atoms with Crippen LogP contribution < -0.4 is 9.72 Å². The third kappa shape index (κ3) is 8.77. The highest BCUT2D eigenvalue weighted by Crippen LogP contribution is 2.26. The molecule has 0 saturated carbocycles. The number of aryl methyl sites for hydroxylation is 1. The molecule has 0 fully saturated rings. The van der Waals surface area contributed by atoms with Gasteiger partial charge in [-0.3, -0.25) is 0 Å². The Bertz CT molecular complexity index is 1320. The van der Waals surface area contributed by atoms with Crippen LogP contribution in [0.4, 0.5) is 0 Å². The summed E-state index contributed by atoms with van der Waals surface area (Å²) < 4.78 is 37.1. The minimum Gasteiger partial charge on any atom is -0.744 e. The van der Waals surface area contributed by atoms with Crippen molar-refractivity contribution in [3.63, 3.8) is 0 Å². The number of pyridine rings is 1. The Labute approximate surface area is 214 Å². The maximum Gasteiger partial charge on any atom is 0.167 e. The summed E-state index contributed by atoms with van der Waals surface area (Å²) in [4.78, 5) is 2.89. The number of fused-ring (bicyclic) bond motifs is 1. The molecule has 0 radical (unpaired) electrons. The minimum absolute atomic E-state index is 0.178. The predicted molar refractivity (Wildman–Crippen MR) is 144 cm³/mol. The second-order valence-electron chi connectivity index (χ2n) is 8.90. The Morgan fingerprint density at radius 1 is 0.750 bits per heavy atom. The number of rotatable bonds is 10. The number of hydrogen-bond acceptors (Lipinski definition) is 4. The van der Waals surface area contributed by atoms with Gasteiger partial charge in [0.2, 0.25) is 0 Å². The third-order valence-electron chi connectivity index (χ3n) is 5.94. The van der Waals surface area contributed by atoms with E-state index in [2.05, 4.69) is 60.4 Å². The maximum atomic E-state index is 10.4. The van der Waals surface area contributed by atoms with E-state index in [1.807, 2.05) is 19.3 Å². The standard InChI is InChI=1S/C23H27NO.C7H8O3S/c1-2-3-4-5-6-7-16-25-23-11-10-21-17-20(8-9-22(21)18-23)19-12-14-24-15-13-19;1-6-2-4-7(5-3-6)11(8,9)10/h8-15,17-18H,2-7,16H2,1H3;2-5H,1H3,(H,8,9,10). The number of unbranched alkanes of at least 4 members (excludes halogenated alkanes) is 5. The highest BCUT2D eigenvalue weighted by Gasteiger charge is 2.03. The first kappa shape index (κ1) is 27.4. The molecule has 0 amide bonds. The summed E-state index contributed by atoms with van der Waals surface area (Å²) in [5.74, 6) is 0.975. The summed E-state index contributed by atoms with van der Waals surface area (Å²) in [6, 6.07) is 23.0. The topological polar surface area (TPSA) is 80.6 Å². The van der Waals surface area contributed by atoms with E-state index in [4.69, 9.17) is 4.74 Å². The number of hydrogen-bond donors (Lipinski definition) is 0. The monoisotopic (exact) mass is 505 g/mol. The Balaban J connectivity index is 0.000000275. The highest BCUT2D eigenvalue weighted by atomic mass is 32.2. The van der Waals surface area contributed by atoms with Gasteiger partial charge in [0.25, 0.3) is 0 Å². The van der Waals surface area contributed by atoms with Crippen LogP contribution in [0.3, 0.4) is 0 Å². The lowest BCUT2D eigenvalue weighted by Crippen LogP contribution is -1.97. The lowest BCUT2D eigenvalue weighted by atomic mass is 10.0. The molecule has 4 aromatic rings. The minimum atomic E-state index is -4.27. The van der Waals surface area contributed by atoms with Crippen molar-refractivity contribution < 1.29 is 22.7 Å². The molecule has 6 heteroatoms. The number of aromatic nitrogens is 1. The van der Waals surface area contributed by atoms with Gasteiger partial charge in [0.15, 0.2) is 12.4 Å². The average molecular weight is 506 g/mol. The molecule has 1 N–H and O–H groups in total. The molecule has 0 aliphatic heterocycles. The molecule has 1 aromatic heterocycles. The van der Waals surface area contributed by atoms with E-state index in [0.29, 0.717) is 0 Å². The van der Waals surface area contributed by atoms with Crippen LogP contribution in [0.5, 0.6) is 5.75 Å². The van der Waals surface area contributed by atoms with Crippen LogP contribution in [0.2, 0.25) is 0 Å². The van der Waals surface area contributed by atoms with Crippen LogP contribution in [0.15, 0.2) is 90.1 Å². The van der Waals surface area contributed by atoms with E-state index >= 15 is 0 Å². The normalized spacial score (nSPS) is 11.1. The molecule has 0 spiro atoms. The molecule has 36 heavy (non-hydrogen) atoms. The van der Waals surface area contributed by atoms with Gasteiger partial charge in [-0.05, 0) is 65.6 Å². The van der Waals surface area contributed by atoms with Crippen LogP contribution in [0, 0.1) is 6.92 Å². The van der Waals surface area contributed by atoms with E-state index in [9.17, 15) is 13.0 Å². The molecular weight excluding hydrogens is 470 g/mol. The maximum absolute atomic E-state index is 10.4. The second-order valence-corrected chi connectivity index (χ2v) is 10.3. The van der Waals surface area contributed by atoms with Crippen molar-refractivity contribution in [2.45, 2.75) is 57.3 Å². The van der Waals surface area contributed by atoms with Gasteiger partial charge >= 0.3 is 0 Å². The number of H-pyrrole nitrogens is 1. The fraction of sp³-hybridized carbons (Fsp3) is 0.300. The van der Waals surface area contributed by atoms with Gasteiger partial charge in [0.1, 0.15) is 15.9 Å². The summed E-state index contributed by atoms with van der Waals surface area (Å²) >= 11 is 0. The fourth-order valence-electron chi connectivity index (χ4n) is 3.85. The molecule has 3 aromatic carbocycles. The van der Waals surface area contributed by atoms with E-state index in [1.54, 1.807) is 12.1 Å². The van der Waals surface area contributed by atoms with Crippen LogP contribution in [0.1, 0.15) is 51.0 Å². The summed E-state index contributed by atoms with van der Waals surface area (Å²) in [5.41, 5.74) is 3.39. The first-order chi connectivity index (χ1) is 17.4. The van der Waals surface area contributed by atoms with Gasteiger partial charge in [0.05, 0.1) is 11.5 Å². The van der Waals surface area contributed by atoms with Crippen molar-refractivity contribution in [2.75, 3.05) is 6.61 Å². The first-order valence-corrected chi connectivity index (χ1v) is 13.9. The SMILES string of the molecule is CCCCCCCCOc1ccc2cc(-c3cc[nH+]cc3)ccc2c1.Cc1ccc(S(=O)(=O)[O-])cc1. The Hall–Kier alpha value is -3.22. The highest BCUT2D eigenvalue weighted by molar-refractivity contribution is 7.85. The van der Waals surface area contributed by atoms with Crippen LogP contribution in [0.25, 0.3) is 21.9 Å². The summed E-state index contributed by atoms with van der Waals surface area (Å²) in [6.07, 6.45) is 11.7. The summed E-state index contributed by atoms with van der Waals surface area (Å²) in [7, 11) is -4.27. The van der Waals surface area contributed by atoms with Crippen molar-refractivity contribution in [1.29, 1.82) is 0 Å². The van der Waals surface area contributed by atoms with Crippen molar-refractivity contribution >= 4 is 20.9 Å². The Morgan fingerprint density at radius 3 is 2.08 bits per heavy atom. The van der Waals surface area contributed by atoms with Crippen molar-refractivity contribution in [3.05, 3.63) is 90.8 Å². The van der Waals surface area contributed by atoms with Crippen molar-refractivity contribution in [1.82, 2.24) is 0 Å². The predicted octanol–water partition coefficient (Wildman–Crippen LogP) is 6.96. The molecule has 1 heterocycles. The number of nitrogens with one attached hydrogen (secondary N) is 1. The van der Waals surface area contributed by atoms with Gasteiger partial charge in [-0.25, -0.2) is 13.4 Å². The van der Waals surface area contributed by atoms with E-state index in [1.165, 1.54) is 66.1 Å². The van der Waals surface area contributed by atoms with Gasteiger partial charge in [-0.15, -0.1) is 0 Å². The summed E-state index contributed by atoms with van der Waals surface area (Å²) in [5, 5.41) is 2.48. The number of benzene rings is 3. The molecule has 5 nitrogen and oxygen atoms in total. The fourth-order valence-corrected chi connectivity index (χ4v) is 4.32. The van der Waals surface area contributed by atoms with Gasteiger partial charge in [0, 0.05) is 12.1 Å². The average Bonchev–Trinajstić information content (AvgIpc) is 2.88. The smallest absolute Gasteiger partial charge is 0.167 e. The van der Waals surface area contributed by atoms with E-state index in [0.717, 1.165) is 24.3 Å². The Morgan fingerprint density at radius 2 is 1.39 bits per heavy atom. The molecule has 4 rings (SSSR count). The van der Waals surface area contributed by atoms with Crippen molar-refractivity contribution in [2.24, 2.45) is 0 Å². The van der Waals surface area contributed by atoms with E-state index in [-0.39, 0.29) is 4.90 Å². The zero-order valence-corrected chi connectivity index (χ0v) is 21.9. The molecule has 0 unspecified atom stereocenters. The number of aromatic amines is 1. The van der Waals surface area contributed by atoms with Gasteiger partial charge in [-0.2, -0.15) is 0 Å². The largest absolute Gasteiger partial charge is 0.744 e. The lowest BCUT2D eigenvalue weighted by Gasteiger charge is -2.08. The molecule has 0 bridgehead atoms. The zero-order chi connectivity index (χ0) is 25.8. The summed E-state index contributed by atoms with van der Waals surface area (Å²) in [6.45, 7) is 4.89. The molecular formula is C30H35NO4S. The van der Waals surface area contributed by atoms with E-state index < -0.39 is 10.1 Å². The van der Waals surface area contributed by atoms with Crippen molar-refractivity contribution in [3.8, 4) is 16.9 Å². The molecule has 190 valence electrons.